The smallest absolute Gasteiger partial charge is 0.0406 e. The highest BCUT2D eigenvalue weighted by Gasteiger charge is 1.99. The molecule has 1 nitrogen and oxygen atoms in total. The molecular weight excluding hydrogens is 249 g/mol. The van der Waals surface area contributed by atoms with Crippen LogP contribution in [0.5, 0.6) is 0 Å². The first kappa shape index (κ1) is 12.5. The minimum absolute atomic E-state index is 0. The molecule has 0 saturated carbocycles. The fourth-order valence-electron chi connectivity index (χ4n) is 0.900. The van der Waals surface area contributed by atoms with Gasteiger partial charge in [-0.1, -0.05) is 30.3 Å². The van der Waals surface area contributed by atoms with E-state index in [1.165, 1.54) is 0 Å². The molecule has 0 aliphatic heterocycles. The van der Waals surface area contributed by atoms with Gasteiger partial charge in [0.1, 0.15) is 0 Å². The Labute approximate surface area is 94.8 Å². The maximum Gasteiger partial charge on any atom is 0.0406 e. The molecule has 13 heavy (non-hydrogen) atoms. The summed E-state index contributed by atoms with van der Waals surface area (Å²) in [6, 6.07) is 7.66. The molecule has 1 rings (SSSR count). The summed E-state index contributed by atoms with van der Waals surface area (Å²) in [6.07, 6.45) is 0. The lowest BCUT2D eigenvalue weighted by Crippen LogP contribution is -2.08. The van der Waals surface area contributed by atoms with Crippen LogP contribution in [0.25, 0.3) is 5.70 Å². The number of hydrogen-bond donors (Lipinski definition) is 0. The normalized spacial score (nSPS) is 8.85. The number of hydrogen-bond acceptors (Lipinski definition) is 1. The van der Waals surface area contributed by atoms with Gasteiger partial charge in [-0.05, 0) is 17.7 Å². The summed E-state index contributed by atoms with van der Waals surface area (Å²) in [5, 5.41) is 0.755. The maximum atomic E-state index is 5.75. The van der Waals surface area contributed by atoms with Gasteiger partial charge in [-0.15, -0.1) is 17.0 Å². The fraction of sp³-hybridized carbons (Fsp3) is 0.200. The Kier molecular flexibility index (Phi) is 5.11. The second-order valence-corrected chi connectivity index (χ2v) is 3.28. The van der Waals surface area contributed by atoms with Crippen molar-refractivity contribution in [2.24, 2.45) is 0 Å². The van der Waals surface area contributed by atoms with E-state index in [-0.39, 0.29) is 17.0 Å². The summed E-state index contributed by atoms with van der Waals surface area (Å²) in [5.41, 5.74) is 2.09. The molecule has 0 heterocycles. The van der Waals surface area contributed by atoms with Crippen LogP contribution in [-0.4, -0.2) is 19.0 Å². The Morgan fingerprint density at radius 3 is 2.08 bits per heavy atom. The minimum Gasteiger partial charge on any atom is -0.378 e. The molecule has 3 heteroatoms. The molecule has 0 N–H and O–H groups in total. The van der Waals surface area contributed by atoms with Crippen LogP contribution >= 0.6 is 28.6 Å². The third-order valence-corrected chi connectivity index (χ3v) is 1.97. The predicted molar refractivity (Wildman–Crippen MR) is 64.5 cm³/mol. The van der Waals surface area contributed by atoms with Crippen LogP contribution in [-0.2, 0) is 0 Å². The van der Waals surface area contributed by atoms with Gasteiger partial charge in [0, 0.05) is 24.8 Å². The predicted octanol–water partition coefficient (Wildman–Crippen LogP) is 3.45. The molecule has 0 unspecified atom stereocenters. The molecule has 0 saturated heterocycles. The molecule has 0 aromatic heterocycles. The molecule has 0 aliphatic rings. The highest BCUT2D eigenvalue weighted by molar-refractivity contribution is 8.93. The second-order valence-electron chi connectivity index (χ2n) is 2.85. The van der Waals surface area contributed by atoms with E-state index in [0.29, 0.717) is 0 Å². The standard InChI is InChI=1S/C10H12ClN.BrH/c1-8(12(2)3)9-4-6-10(11)7-5-9;/h4-7H,1H2,2-3H3;1H. The Morgan fingerprint density at radius 2 is 1.69 bits per heavy atom. The first-order chi connectivity index (χ1) is 5.61. The van der Waals surface area contributed by atoms with E-state index in [2.05, 4.69) is 6.58 Å². The molecule has 0 radical (unpaired) electrons. The minimum atomic E-state index is 0. The van der Waals surface area contributed by atoms with Crippen LogP contribution in [0.2, 0.25) is 5.02 Å². The van der Waals surface area contributed by atoms with E-state index < -0.39 is 0 Å². The Hall–Kier alpha value is -0.470. The molecule has 1 aromatic carbocycles. The highest BCUT2D eigenvalue weighted by Crippen LogP contribution is 2.16. The van der Waals surface area contributed by atoms with Crippen molar-refractivity contribution < 1.29 is 0 Å². The van der Waals surface area contributed by atoms with Crippen LogP contribution in [0.1, 0.15) is 5.56 Å². The fourth-order valence-corrected chi connectivity index (χ4v) is 1.03. The number of rotatable bonds is 2. The summed E-state index contributed by atoms with van der Waals surface area (Å²) >= 11 is 5.75. The zero-order chi connectivity index (χ0) is 9.14. The molecule has 0 aliphatic carbocycles. The second kappa shape index (κ2) is 5.30. The van der Waals surface area contributed by atoms with E-state index in [1.54, 1.807) is 0 Å². The van der Waals surface area contributed by atoms with Crippen LogP contribution in [0, 0.1) is 0 Å². The van der Waals surface area contributed by atoms with Crippen LogP contribution < -0.4 is 0 Å². The molecule has 0 fully saturated rings. The summed E-state index contributed by atoms with van der Waals surface area (Å²) < 4.78 is 0. The van der Waals surface area contributed by atoms with Crippen molar-refractivity contribution in [3.05, 3.63) is 41.4 Å². The molecule has 0 atom stereocenters. The number of halogens is 2. The average Bonchev–Trinajstić information content (AvgIpc) is 2.04. The van der Waals surface area contributed by atoms with Gasteiger partial charge in [-0.2, -0.15) is 0 Å². The first-order valence-corrected chi connectivity index (χ1v) is 4.11. The van der Waals surface area contributed by atoms with Gasteiger partial charge < -0.3 is 4.90 Å². The topological polar surface area (TPSA) is 3.24 Å². The first-order valence-electron chi connectivity index (χ1n) is 3.73. The third-order valence-electron chi connectivity index (χ3n) is 1.72. The lowest BCUT2D eigenvalue weighted by atomic mass is 10.2. The number of benzene rings is 1. The van der Waals surface area contributed by atoms with Crippen molar-refractivity contribution in [1.29, 1.82) is 0 Å². The van der Waals surface area contributed by atoms with Gasteiger partial charge >= 0.3 is 0 Å². The van der Waals surface area contributed by atoms with Gasteiger partial charge in [0.15, 0.2) is 0 Å². The van der Waals surface area contributed by atoms with E-state index in [4.69, 9.17) is 11.6 Å². The molecule has 0 spiro atoms. The zero-order valence-corrected chi connectivity index (χ0v) is 10.2. The zero-order valence-electron chi connectivity index (χ0n) is 7.75. The van der Waals surface area contributed by atoms with Crippen molar-refractivity contribution in [3.8, 4) is 0 Å². The Balaban J connectivity index is 0.00000144. The molecule has 0 bridgehead atoms. The summed E-state index contributed by atoms with van der Waals surface area (Å²) in [6.45, 7) is 3.94. The van der Waals surface area contributed by atoms with E-state index >= 15 is 0 Å². The van der Waals surface area contributed by atoms with Gasteiger partial charge in [0.05, 0.1) is 0 Å². The highest BCUT2D eigenvalue weighted by atomic mass is 79.9. The Morgan fingerprint density at radius 1 is 1.23 bits per heavy atom. The van der Waals surface area contributed by atoms with Crippen molar-refractivity contribution in [2.45, 2.75) is 0 Å². The summed E-state index contributed by atoms with van der Waals surface area (Å²) in [7, 11) is 3.94. The third kappa shape index (κ3) is 3.41. The van der Waals surface area contributed by atoms with Crippen molar-refractivity contribution in [1.82, 2.24) is 4.90 Å². The van der Waals surface area contributed by atoms with E-state index in [1.807, 2.05) is 43.3 Å². The van der Waals surface area contributed by atoms with Gasteiger partial charge in [-0.25, -0.2) is 0 Å². The van der Waals surface area contributed by atoms with Crippen molar-refractivity contribution in [2.75, 3.05) is 14.1 Å². The van der Waals surface area contributed by atoms with Crippen LogP contribution in [0.3, 0.4) is 0 Å². The SMILES string of the molecule is Br.C=C(c1ccc(Cl)cc1)N(C)C. The average molecular weight is 263 g/mol. The van der Waals surface area contributed by atoms with Gasteiger partial charge in [0.25, 0.3) is 0 Å². The summed E-state index contributed by atoms with van der Waals surface area (Å²) in [4.78, 5) is 1.98. The largest absolute Gasteiger partial charge is 0.378 e. The number of nitrogens with zero attached hydrogens (tertiary/aromatic N) is 1. The van der Waals surface area contributed by atoms with Crippen molar-refractivity contribution in [3.63, 3.8) is 0 Å². The van der Waals surface area contributed by atoms with E-state index in [9.17, 15) is 0 Å². The molecule has 1 aromatic rings. The van der Waals surface area contributed by atoms with Crippen LogP contribution in [0.15, 0.2) is 30.8 Å². The van der Waals surface area contributed by atoms with E-state index in [0.717, 1.165) is 16.3 Å². The monoisotopic (exact) mass is 261 g/mol. The van der Waals surface area contributed by atoms with Crippen molar-refractivity contribution >= 4 is 34.3 Å². The molecular formula is C10H13BrClN. The quantitative estimate of drug-likeness (QED) is 0.789. The van der Waals surface area contributed by atoms with Crippen LogP contribution in [0.4, 0.5) is 0 Å². The van der Waals surface area contributed by atoms with Gasteiger partial charge in [0.2, 0.25) is 0 Å². The molecule has 72 valence electrons. The van der Waals surface area contributed by atoms with Gasteiger partial charge in [-0.3, -0.25) is 0 Å². The summed E-state index contributed by atoms with van der Waals surface area (Å²) in [5.74, 6) is 0. The Bertz CT molecular complexity index is 279. The molecule has 0 amide bonds. The maximum absolute atomic E-state index is 5.75. The lowest BCUT2D eigenvalue weighted by Gasteiger charge is -2.15. The lowest BCUT2D eigenvalue weighted by molar-refractivity contribution is 0.593.